The van der Waals surface area contributed by atoms with Crippen LogP contribution in [0, 0.1) is 4.77 Å². The van der Waals surface area contributed by atoms with Gasteiger partial charge in [0.25, 0.3) is 0 Å². The van der Waals surface area contributed by atoms with Crippen LogP contribution in [0.15, 0.2) is 17.4 Å². The van der Waals surface area contributed by atoms with Gasteiger partial charge in [-0.05, 0) is 44.0 Å². The minimum Gasteiger partial charge on any atom is -0.376 e. The summed E-state index contributed by atoms with van der Waals surface area (Å²) in [4.78, 5) is 0. The first-order valence-electron chi connectivity index (χ1n) is 10.6. The summed E-state index contributed by atoms with van der Waals surface area (Å²) >= 11 is 7.05. The number of ether oxygens (including phenoxy) is 2. The fourth-order valence-corrected chi connectivity index (χ4v) is 5.17. The van der Waals surface area contributed by atoms with Crippen LogP contribution < -0.4 is 0 Å². The van der Waals surface area contributed by atoms with Crippen molar-refractivity contribution in [2.75, 3.05) is 13.2 Å². The zero-order valence-electron chi connectivity index (χ0n) is 17.4. The van der Waals surface area contributed by atoms with Crippen molar-refractivity contribution in [2.24, 2.45) is 7.05 Å². The first-order chi connectivity index (χ1) is 15.2. The van der Waals surface area contributed by atoms with E-state index in [1.54, 1.807) is 16.4 Å². The molecule has 2 aliphatic rings. The zero-order chi connectivity index (χ0) is 21.2. The van der Waals surface area contributed by atoms with E-state index in [9.17, 15) is 0 Å². The molecule has 2 aliphatic heterocycles. The Bertz CT molecular complexity index is 1080. The fraction of sp³-hybridized carbons (Fsp3) is 0.632. The maximum absolute atomic E-state index is 5.88. The van der Waals surface area contributed by atoms with Crippen LogP contribution in [0.4, 0.5) is 0 Å². The molecule has 2 saturated heterocycles. The molecule has 2 fully saturated rings. The molecule has 166 valence electrons. The summed E-state index contributed by atoms with van der Waals surface area (Å²) in [5.41, 5.74) is 0.806. The fourth-order valence-electron chi connectivity index (χ4n) is 4.05. The number of hydrogen-bond acceptors (Lipinski definition) is 8. The van der Waals surface area contributed by atoms with Crippen LogP contribution in [-0.2, 0) is 35.4 Å². The Morgan fingerprint density at radius 3 is 2.52 bits per heavy atom. The van der Waals surface area contributed by atoms with E-state index in [4.69, 9.17) is 21.7 Å². The highest BCUT2D eigenvalue weighted by atomic mass is 32.2. The molecule has 3 aromatic rings. The number of thioether (sulfide) groups is 1. The van der Waals surface area contributed by atoms with Crippen LogP contribution in [0.3, 0.4) is 0 Å². The van der Waals surface area contributed by atoms with E-state index in [0.717, 1.165) is 67.9 Å². The topological polar surface area (TPSA) is 101 Å². The number of nitrogens with one attached hydrogen (secondary N) is 1. The van der Waals surface area contributed by atoms with Crippen molar-refractivity contribution in [3.63, 3.8) is 0 Å². The number of aromatic nitrogens is 8. The van der Waals surface area contributed by atoms with Crippen molar-refractivity contribution in [3.05, 3.63) is 22.9 Å². The molecule has 0 aliphatic carbocycles. The molecule has 1 N–H and O–H groups in total. The van der Waals surface area contributed by atoms with Crippen molar-refractivity contribution in [1.82, 2.24) is 39.3 Å². The van der Waals surface area contributed by atoms with Crippen molar-refractivity contribution in [1.29, 1.82) is 0 Å². The molecule has 0 aromatic carbocycles. The Morgan fingerprint density at radius 1 is 1.13 bits per heavy atom. The predicted molar refractivity (Wildman–Crippen MR) is 117 cm³/mol. The summed E-state index contributed by atoms with van der Waals surface area (Å²) in [6, 6.07) is 1.96. The molecule has 0 unspecified atom stereocenters. The summed E-state index contributed by atoms with van der Waals surface area (Å²) < 4.78 is 18.2. The SMILES string of the molecule is Cn1ccc(-c2nnc(SCc3n[nH]c(=S)n3C[C@H]3CCCO3)n2C[C@@H]2CCCO2)n1. The van der Waals surface area contributed by atoms with Crippen LogP contribution in [-0.4, -0.2) is 64.7 Å². The number of hydrogen-bond donors (Lipinski definition) is 1. The molecule has 3 aromatic heterocycles. The van der Waals surface area contributed by atoms with Gasteiger partial charge in [-0.1, -0.05) is 11.8 Å². The van der Waals surface area contributed by atoms with E-state index in [1.165, 1.54) is 0 Å². The molecular weight excluding hydrogens is 436 g/mol. The quantitative estimate of drug-likeness (QED) is 0.403. The molecule has 5 heterocycles. The molecule has 2 atom stereocenters. The lowest BCUT2D eigenvalue weighted by atomic mass is 10.2. The zero-order valence-corrected chi connectivity index (χ0v) is 19.1. The second kappa shape index (κ2) is 9.23. The molecule has 10 nitrogen and oxygen atoms in total. The highest BCUT2D eigenvalue weighted by molar-refractivity contribution is 7.98. The molecule has 12 heteroatoms. The molecule has 0 saturated carbocycles. The molecule has 0 amide bonds. The lowest BCUT2D eigenvalue weighted by Crippen LogP contribution is -2.18. The third kappa shape index (κ3) is 4.61. The van der Waals surface area contributed by atoms with E-state index < -0.39 is 0 Å². The van der Waals surface area contributed by atoms with Gasteiger partial charge >= 0.3 is 0 Å². The lowest BCUT2D eigenvalue weighted by molar-refractivity contribution is 0.0952. The number of nitrogens with zero attached hydrogens (tertiary/aromatic N) is 7. The van der Waals surface area contributed by atoms with Crippen LogP contribution in [0.1, 0.15) is 31.5 Å². The Balaban J connectivity index is 1.36. The molecular formula is C19H26N8O2S2. The first kappa shape index (κ1) is 20.9. The highest BCUT2D eigenvalue weighted by Crippen LogP contribution is 2.28. The predicted octanol–water partition coefficient (Wildman–Crippen LogP) is 2.58. The maximum atomic E-state index is 5.88. The van der Waals surface area contributed by atoms with Gasteiger partial charge in [0.05, 0.1) is 31.1 Å². The summed E-state index contributed by atoms with van der Waals surface area (Å²) in [6.45, 7) is 3.08. The van der Waals surface area contributed by atoms with Crippen LogP contribution in [0.5, 0.6) is 0 Å². The van der Waals surface area contributed by atoms with Gasteiger partial charge in [-0.15, -0.1) is 10.2 Å². The van der Waals surface area contributed by atoms with Gasteiger partial charge in [-0.2, -0.15) is 10.2 Å². The van der Waals surface area contributed by atoms with Gasteiger partial charge in [0.2, 0.25) is 0 Å². The maximum Gasteiger partial charge on any atom is 0.195 e. The van der Waals surface area contributed by atoms with E-state index in [-0.39, 0.29) is 12.2 Å². The van der Waals surface area contributed by atoms with E-state index in [1.807, 2.05) is 23.9 Å². The molecule has 0 radical (unpaired) electrons. The van der Waals surface area contributed by atoms with Gasteiger partial charge in [0.1, 0.15) is 11.5 Å². The summed E-state index contributed by atoms with van der Waals surface area (Å²) in [6.07, 6.45) is 6.58. The lowest BCUT2D eigenvalue weighted by Gasteiger charge is -2.14. The van der Waals surface area contributed by atoms with Crippen LogP contribution >= 0.6 is 24.0 Å². The Morgan fingerprint density at radius 2 is 1.87 bits per heavy atom. The van der Waals surface area contributed by atoms with Gasteiger partial charge in [0, 0.05) is 26.5 Å². The smallest absolute Gasteiger partial charge is 0.195 e. The van der Waals surface area contributed by atoms with Crippen molar-refractivity contribution < 1.29 is 9.47 Å². The standard InChI is InChI=1S/C19H26N8O2S2/c1-25-7-6-15(24-25)17-21-23-19(27(17)11-14-5-3-9-29-14)31-12-16-20-22-18(30)26(16)10-13-4-2-8-28-13/h6-7,13-14H,2-5,8-12H2,1H3,(H,22,30)/t13-,14+/m1/s1. The largest absolute Gasteiger partial charge is 0.376 e. The number of aromatic amines is 1. The summed E-state index contributed by atoms with van der Waals surface area (Å²) in [5.74, 6) is 2.28. The third-order valence-corrected chi connectivity index (χ3v) is 6.92. The normalized spacial score (nSPS) is 21.3. The van der Waals surface area contributed by atoms with Crippen molar-refractivity contribution in [3.8, 4) is 11.5 Å². The second-order valence-corrected chi connectivity index (χ2v) is 9.23. The third-order valence-electron chi connectivity index (χ3n) is 5.65. The Hall–Kier alpha value is -2.02. The first-order valence-corrected chi connectivity index (χ1v) is 12.0. The monoisotopic (exact) mass is 462 g/mol. The van der Waals surface area contributed by atoms with Crippen LogP contribution in [0.2, 0.25) is 0 Å². The van der Waals surface area contributed by atoms with E-state index in [2.05, 4.69) is 30.1 Å². The van der Waals surface area contributed by atoms with Crippen molar-refractivity contribution in [2.45, 2.75) is 61.9 Å². The van der Waals surface area contributed by atoms with E-state index in [0.29, 0.717) is 17.1 Å². The van der Waals surface area contributed by atoms with E-state index >= 15 is 0 Å². The molecule has 31 heavy (non-hydrogen) atoms. The van der Waals surface area contributed by atoms with Crippen LogP contribution in [0.25, 0.3) is 11.5 Å². The Kier molecular flexibility index (Phi) is 6.21. The summed E-state index contributed by atoms with van der Waals surface area (Å²) in [5, 5.41) is 21.6. The Labute approximate surface area is 189 Å². The number of rotatable bonds is 8. The second-order valence-electron chi connectivity index (χ2n) is 7.91. The molecule has 0 bridgehead atoms. The highest BCUT2D eigenvalue weighted by Gasteiger charge is 2.24. The average Bonchev–Trinajstić information content (AvgIpc) is 3.57. The minimum absolute atomic E-state index is 0.173. The van der Waals surface area contributed by atoms with Crippen molar-refractivity contribution >= 4 is 24.0 Å². The van der Waals surface area contributed by atoms with Gasteiger partial charge in [0.15, 0.2) is 15.8 Å². The molecule has 0 spiro atoms. The van der Waals surface area contributed by atoms with Gasteiger partial charge < -0.3 is 14.0 Å². The molecule has 5 rings (SSSR count). The van der Waals surface area contributed by atoms with Gasteiger partial charge in [-0.25, -0.2) is 0 Å². The minimum atomic E-state index is 0.173. The number of aryl methyl sites for hydroxylation is 1. The average molecular weight is 463 g/mol. The summed E-state index contributed by atoms with van der Waals surface area (Å²) in [7, 11) is 1.90. The van der Waals surface area contributed by atoms with Gasteiger partial charge in [-0.3, -0.25) is 14.3 Å². The number of H-pyrrole nitrogens is 1.